The number of aromatic nitrogens is 4. The first-order valence-electron chi connectivity index (χ1n) is 23.7. The Balaban J connectivity index is 1.18. The predicted molar refractivity (Wildman–Crippen MR) is 270 cm³/mol. The average molecular weight is 988 g/mol. The molecule has 5 atom stereocenters. The molecular weight excluding hydrogens is 923 g/mol. The lowest BCUT2D eigenvalue weighted by atomic mass is 10.0. The summed E-state index contributed by atoms with van der Waals surface area (Å²) in [4.78, 5) is 110. The molecule has 0 saturated heterocycles. The zero-order chi connectivity index (χ0) is 52.0. The van der Waals surface area contributed by atoms with Crippen LogP contribution in [0.5, 0.6) is 0 Å². The van der Waals surface area contributed by atoms with Crippen LogP contribution < -0.4 is 38.2 Å². The number of nitrogens with two attached hydrogens (primary N) is 2. The number of amides is 8. The van der Waals surface area contributed by atoms with Gasteiger partial charge in [-0.15, -0.1) is 0 Å². The smallest absolute Gasteiger partial charge is 0.410 e. The van der Waals surface area contributed by atoms with Crippen molar-refractivity contribution >= 4 is 63.5 Å². The molecule has 72 heavy (non-hydrogen) atoms. The third-order valence-corrected chi connectivity index (χ3v) is 11.8. The van der Waals surface area contributed by atoms with Gasteiger partial charge < -0.3 is 57.3 Å². The number of primary amides is 1. The highest BCUT2D eigenvalue weighted by atomic mass is 16.6. The second-order valence-electron chi connectivity index (χ2n) is 18.7. The van der Waals surface area contributed by atoms with Gasteiger partial charge in [0.05, 0.1) is 12.4 Å². The number of unbranched alkanes of at least 4 members (excludes halogenated alkanes) is 1. The molecule has 3 heterocycles. The highest BCUT2D eigenvalue weighted by molar-refractivity contribution is 5.97. The maximum atomic E-state index is 14.6. The number of hydrogen-bond acceptors (Lipinski definition) is 10. The SMILES string of the molecule is C[C@H](NC(=O)[C@@H](Cc1c[nH]c2ccccc12)NC(=O)[C@@H](N)Cc1cnc[nH]1)C(=O)N[C@@H](Cc1c[nH]c2ccccc12)C(=O)N[C@H](Cc1ccccc1)C(=O)NN(CCCCN(C)C(=O)OC(C)(C)C)C(N)=O. The number of nitrogens with zero attached hydrogens (tertiary/aromatic N) is 3. The molecular formula is C51H65N13O8. The lowest BCUT2D eigenvalue weighted by molar-refractivity contribution is -0.135. The number of para-hydroxylation sites is 2. The van der Waals surface area contributed by atoms with E-state index in [2.05, 4.69) is 46.6 Å². The van der Waals surface area contributed by atoms with E-state index in [9.17, 15) is 33.6 Å². The normalized spacial score (nSPS) is 13.5. The molecule has 0 spiro atoms. The Labute approximate surface area is 416 Å². The number of ether oxygens (including phenoxy) is 1. The van der Waals surface area contributed by atoms with Crippen LogP contribution in [0.25, 0.3) is 21.8 Å². The number of nitrogens with one attached hydrogen (secondary N) is 8. The molecule has 3 aromatic heterocycles. The number of hydrazine groups is 1. The topological polar surface area (TPSA) is 308 Å². The summed E-state index contributed by atoms with van der Waals surface area (Å²) in [5, 5.41) is 13.7. The van der Waals surface area contributed by atoms with E-state index in [0.717, 1.165) is 32.4 Å². The summed E-state index contributed by atoms with van der Waals surface area (Å²) < 4.78 is 5.40. The number of carbonyl (C=O) groups is 7. The molecule has 382 valence electrons. The van der Waals surface area contributed by atoms with E-state index in [0.29, 0.717) is 36.2 Å². The zero-order valence-electron chi connectivity index (χ0n) is 41.1. The largest absolute Gasteiger partial charge is 0.444 e. The van der Waals surface area contributed by atoms with Crippen LogP contribution in [-0.2, 0) is 54.4 Å². The molecule has 6 rings (SSSR count). The second-order valence-corrected chi connectivity index (χ2v) is 18.7. The minimum absolute atomic E-state index is 0.0115. The molecule has 0 fully saturated rings. The number of carbonyl (C=O) groups excluding carboxylic acids is 7. The Hall–Kier alpha value is -8.20. The summed E-state index contributed by atoms with van der Waals surface area (Å²) in [5.41, 5.74) is 18.2. The molecule has 12 N–H and O–H groups in total. The minimum atomic E-state index is -1.31. The number of benzene rings is 3. The lowest BCUT2D eigenvalue weighted by Gasteiger charge is -2.28. The molecule has 0 unspecified atom stereocenters. The quantitative estimate of drug-likeness (QED) is 0.0350. The molecule has 3 aromatic carbocycles. The molecule has 6 aromatic rings. The first kappa shape index (κ1) is 53.2. The monoisotopic (exact) mass is 988 g/mol. The van der Waals surface area contributed by atoms with Gasteiger partial charge in [-0.1, -0.05) is 66.7 Å². The van der Waals surface area contributed by atoms with Gasteiger partial charge in [0.2, 0.25) is 23.6 Å². The summed E-state index contributed by atoms with van der Waals surface area (Å²) >= 11 is 0. The van der Waals surface area contributed by atoms with Crippen LogP contribution in [0.3, 0.4) is 0 Å². The zero-order valence-corrected chi connectivity index (χ0v) is 41.1. The fourth-order valence-corrected chi connectivity index (χ4v) is 7.95. The van der Waals surface area contributed by atoms with Gasteiger partial charge in [0, 0.05) is 91.9 Å². The van der Waals surface area contributed by atoms with E-state index in [1.54, 1.807) is 76.7 Å². The number of H-pyrrole nitrogens is 3. The van der Waals surface area contributed by atoms with Crippen LogP contribution >= 0.6 is 0 Å². The van der Waals surface area contributed by atoms with Crippen molar-refractivity contribution in [1.82, 2.24) is 56.5 Å². The number of urea groups is 1. The summed E-state index contributed by atoms with van der Waals surface area (Å²) in [7, 11) is 1.59. The lowest BCUT2D eigenvalue weighted by Crippen LogP contribution is -2.60. The van der Waals surface area contributed by atoms with Gasteiger partial charge in [-0.3, -0.25) is 29.4 Å². The van der Waals surface area contributed by atoms with Crippen LogP contribution in [0.15, 0.2) is 104 Å². The Bertz CT molecular complexity index is 2800. The van der Waals surface area contributed by atoms with Crippen molar-refractivity contribution in [2.24, 2.45) is 11.5 Å². The number of hydrogen-bond donors (Lipinski definition) is 10. The predicted octanol–water partition coefficient (Wildman–Crippen LogP) is 2.99. The average Bonchev–Trinajstić information content (AvgIpc) is 4.12. The van der Waals surface area contributed by atoms with E-state index in [-0.39, 0.29) is 32.2 Å². The highest BCUT2D eigenvalue weighted by Crippen LogP contribution is 2.21. The molecule has 0 bridgehead atoms. The molecule has 0 aliphatic heterocycles. The number of imidazole rings is 1. The Morgan fingerprint density at radius 1 is 0.653 bits per heavy atom. The molecule has 8 amide bonds. The van der Waals surface area contributed by atoms with Crippen molar-refractivity contribution in [3.63, 3.8) is 0 Å². The number of rotatable bonds is 22. The van der Waals surface area contributed by atoms with Crippen LogP contribution in [0.4, 0.5) is 9.59 Å². The molecule has 0 radical (unpaired) electrons. The first-order chi connectivity index (χ1) is 34.3. The number of aromatic amines is 3. The molecule has 21 heteroatoms. The van der Waals surface area contributed by atoms with Gasteiger partial charge in [-0.2, -0.15) is 0 Å². The van der Waals surface area contributed by atoms with Gasteiger partial charge in [0.15, 0.2) is 0 Å². The summed E-state index contributed by atoms with van der Waals surface area (Å²) in [6.07, 6.45) is 6.88. The van der Waals surface area contributed by atoms with E-state index in [1.165, 1.54) is 18.2 Å². The first-order valence-corrected chi connectivity index (χ1v) is 23.7. The Morgan fingerprint density at radius 2 is 1.18 bits per heavy atom. The molecule has 0 saturated carbocycles. The van der Waals surface area contributed by atoms with Gasteiger partial charge in [-0.05, 0) is 69.4 Å². The second kappa shape index (κ2) is 24.6. The fourth-order valence-electron chi connectivity index (χ4n) is 7.95. The third-order valence-electron chi connectivity index (χ3n) is 11.8. The Morgan fingerprint density at radius 3 is 1.75 bits per heavy atom. The molecule has 0 aliphatic rings. The van der Waals surface area contributed by atoms with E-state index in [4.69, 9.17) is 16.2 Å². The van der Waals surface area contributed by atoms with Gasteiger partial charge in [-0.25, -0.2) is 19.6 Å². The van der Waals surface area contributed by atoms with Crippen molar-refractivity contribution in [2.45, 2.75) is 102 Å². The summed E-state index contributed by atoms with van der Waals surface area (Å²) in [6, 6.07) is 16.8. The van der Waals surface area contributed by atoms with Crippen LogP contribution in [0.1, 0.15) is 62.9 Å². The number of fused-ring (bicyclic) bond motifs is 2. The molecule has 21 nitrogen and oxygen atoms in total. The van der Waals surface area contributed by atoms with Crippen molar-refractivity contribution in [3.8, 4) is 0 Å². The standard InChI is InChI=1S/C51H65N13O8/c1-31(58-46(67)42(24-33-27-55-39-19-11-9-17-36(33)39)60-45(66)38(52)26-35-29-54-30-57-35)44(65)59-43(25-34-28-56-40-20-12-10-18-37(34)40)47(68)61-41(23-32-15-7-6-8-16-32)48(69)62-64(49(53)70)22-14-13-21-63(5)50(71)72-51(2,3)4/h6-12,15-20,27-31,38,41-43,55-56H,13-14,21-26,52H2,1-5H3,(H2,53,70)(H,54,57)(H,58,67)(H,59,65)(H,60,66)(H,61,68)(H,62,69)/t31-,38-,41+,42+,43-/m0/s1. The van der Waals surface area contributed by atoms with Crippen molar-refractivity contribution < 1.29 is 38.3 Å². The van der Waals surface area contributed by atoms with Crippen LogP contribution in [0.2, 0.25) is 0 Å². The van der Waals surface area contributed by atoms with Crippen LogP contribution in [-0.4, -0.2) is 127 Å². The summed E-state index contributed by atoms with van der Waals surface area (Å²) in [5.74, 6) is -3.53. The van der Waals surface area contributed by atoms with E-state index >= 15 is 0 Å². The van der Waals surface area contributed by atoms with E-state index in [1.807, 2.05) is 48.5 Å². The summed E-state index contributed by atoms with van der Waals surface area (Å²) in [6.45, 7) is 7.03. The minimum Gasteiger partial charge on any atom is -0.444 e. The van der Waals surface area contributed by atoms with Gasteiger partial charge >= 0.3 is 12.1 Å². The maximum absolute atomic E-state index is 14.6. The van der Waals surface area contributed by atoms with Crippen LogP contribution in [0, 0.1) is 0 Å². The molecule has 0 aliphatic carbocycles. The van der Waals surface area contributed by atoms with E-state index < -0.39 is 77.5 Å². The third kappa shape index (κ3) is 15.1. The van der Waals surface area contributed by atoms with Gasteiger partial charge in [0.1, 0.15) is 29.8 Å². The fraction of sp³-hybridized carbons (Fsp3) is 0.373. The van der Waals surface area contributed by atoms with Crippen molar-refractivity contribution in [1.29, 1.82) is 0 Å². The van der Waals surface area contributed by atoms with Crippen molar-refractivity contribution in [3.05, 3.63) is 126 Å². The Kier molecular flexibility index (Phi) is 18.1. The van der Waals surface area contributed by atoms with Gasteiger partial charge in [0.25, 0.3) is 5.91 Å². The van der Waals surface area contributed by atoms with Crippen molar-refractivity contribution in [2.75, 3.05) is 20.1 Å². The maximum Gasteiger partial charge on any atom is 0.410 e. The highest BCUT2D eigenvalue weighted by Gasteiger charge is 2.33.